The predicted octanol–water partition coefficient (Wildman–Crippen LogP) is 2.18. The lowest BCUT2D eigenvalue weighted by Crippen LogP contribution is -2.70. The number of nitrogens with two attached hydrogens (primary N) is 1. The Morgan fingerprint density at radius 1 is 1.19 bits per heavy atom. The van der Waals surface area contributed by atoms with E-state index in [-0.39, 0.29) is 36.4 Å². The van der Waals surface area contributed by atoms with Crippen LogP contribution in [0.1, 0.15) is 41.0 Å². The number of rotatable bonds is 4. The summed E-state index contributed by atoms with van der Waals surface area (Å²) in [6.07, 6.45) is -2.83. The third-order valence-electron chi connectivity index (χ3n) is 6.52. The Morgan fingerprint density at radius 3 is 2.46 bits per heavy atom. The van der Waals surface area contributed by atoms with Crippen molar-refractivity contribution in [1.29, 1.82) is 0 Å². The maximum atomic E-state index is 13.6. The van der Waals surface area contributed by atoms with Crippen LogP contribution >= 0.6 is 0 Å². The number of ketones is 2. The number of hydrogen-bond donors (Lipinski definition) is 2. The summed E-state index contributed by atoms with van der Waals surface area (Å²) in [6, 6.07) is 6.03. The third-order valence-corrected chi connectivity index (χ3v) is 6.52. The smallest absolute Gasteiger partial charge is 0.418 e. The van der Waals surface area contributed by atoms with Crippen LogP contribution in [0.25, 0.3) is 0 Å². The van der Waals surface area contributed by atoms with Crippen molar-refractivity contribution in [1.82, 2.24) is 10.4 Å². The van der Waals surface area contributed by atoms with Gasteiger partial charge in [0.15, 0.2) is 23.0 Å². The minimum absolute atomic E-state index is 0.0101. The normalized spacial score (nSPS) is 26.7. The monoisotopic (exact) mass is 523 g/mol. The van der Waals surface area contributed by atoms with Gasteiger partial charge in [-0.1, -0.05) is 44.2 Å². The Kier molecular flexibility index (Phi) is 6.97. The summed E-state index contributed by atoms with van der Waals surface area (Å²) in [6.45, 7) is 3.22. The van der Waals surface area contributed by atoms with Crippen LogP contribution in [0.5, 0.6) is 0 Å². The van der Waals surface area contributed by atoms with Crippen molar-refractivity contribution >= 4 is 23.5 Å². The van der Waals surface area contributed by atoms with E-state index in [4.69, 9.17) is 15.5 Å². The molecule has 4 rings (SSSR count). The molecule has 2 aliphatic carbocycles. The van der Waals surface area contributed by atoms with E-state index >= 15 is 0 Å². The molecule has 13 heteroatoms. The first kappa shape index (κ1) is 26.5. The van der Waals surface area contributed by atoms with E-state index in [0.29, 0.717) is 0 Å². The molecule has 1 fully saturated rings. The number of Topliss-reactive ketones (excluding diaryl/α,β-unsaturated/α-hetero) is 2. The molecule has 3 aliphatic rings. The van der Waals surface area contributed by atoms with Crippen molar-refractivity contribution < 1.29 is 46.9 Å². The number of ether oxygens (including phenoxy) is 1. The number of benzene rings is 1. The quantitative estimate of drug-likeness (QED) is 0.446. The number of nitrogens with one attached hydrogen (secondary N) is 1. The second kappa shape index (κ2) is 9.72. The number of nitrogens with zero attached hydrogens (tertiary/aromatic N) is 1. The lowest BCUT2D eigenvalue weighted by atomic mass is 9.70. The highest BCUT2D eigenvalue weighted by atomic mass is 19.4. The summed E-state index contributed by atoms with van der Waals surface area (Å²) >= 11 is 0. The Labute approximate surface area is 209 Å². The van der Waals surface area contributed by atoms with Gasteiger partial charge in [0.2, 0.25) is 0 Å². The zero-order valence-corrected chi connectivity index (χ0v) is 19.8. The van der Waals surface area contributed by atoms with Crippen LogP contribution in [0, 0.1) is 17.8 Å². The average molecular weight is 523 g/mol. The molecular weight excluding hydrogens is 499 g/mol. The second-order valence-electron chi connectivity index (χ2n) is 9.09. The number of hydrogen-bond acceptors (Lipinski definition) is 10. The Balaban J connectivity index is 1.84. The van der Waals surface area contributed by atoms with Crippen molar-refractivity contribution in [2.75, 3.05) is 13.2 Å². The van der Waals surface area contributed by atoms with E-state index in [9.17, 15) is 32.3 Å². The van der Waals surface area contributed by atoms with Gasteiger partial charge in [0.05, 0.1) is 24.1 Å². The zero-order chi connectivity index (χ0) is 27.1. The van der Waals surface area contributed by atoms with Crippen molar-refractivity contribution in [2.45, 2.75) is 32.1 Å². The molecule has 2 unspecified atom stereocenters. The van der Waals surface area contributed by atoms with Crippen molar-refractivity contribution in [2.24, 2.45) is 23.5 Å². The molecule has 1 aromatic carbocycles. The van der Waals surface area contributed by atoms with Crippen molar-refractivity contribution in [3.8, 4) is 0 Å². The number of esters is 1. The van der Waals surface area contributed by atoms with Gasteiger partial charge in [-0.05, 0) is 18.4 Å². The largest absolute Gasteiger partial charge is 0.491 e. The highest BCUT2D eigenvalue weighted by molar-refractivity contribution is 6.17. The van der Waals surface area contributed by atoms with Gasteiger partial charge < -0.3 is 15.9 Å². The summed E-state index contributed by atoms with van der Waals surface area (Å²) in [5, 5.41) is 1.20. The van der Waals surface area contributed by atoms with Gasteiger partial charge in [-0.3, -0.25) is 14.5 Å². The van der Waals surface area contributed by atoms with Gasteiger partial charge in [-0.15, -0.1) is 0 Å². The van der Waals surface area contributed by atoms with Gasteiger partial charge >= 0.3 is 18.1 Å². The molecule has 198 valence electrons. The molecule has 37 heavy (non-hydrogen) atoms. The van der Waals surface area contributed by atoms with Crippen LogP contribution < -0.4 is 11.2 Å². The van der Waals surface area contributed by atoms with Crippen LogP contribution in [-0.4, -0.2) is 53.5 Å². The van der Waals surface area contributed by atoms with E-state index < -0.39 is 58.9 Å². The van der Waals surface area contributed by atoms with E-state index in [1.807, 2.05) is 0 Å². The molecule has 1 aromatic rings. The standard InChI is InChI=1S/C24H24F3N3O7/c1-12(2)23(28)21(33)37-35-11-5-10-30(23)29-18-16(36-22(34)24(25,26)27)9-8-15-17(18)20(32)14-7-4-3-6-13(14)19(15)31/h3-4,6-9,12,15,17,29H,5,10-11,28H2,1-2H3/t15?,17?,23-/m1/s1. The summed E-state index contributed by atoms with van der Waals surface area (Å²) in [4.78, 5) is 61.0. The first-order valence-corrected chi connectivity index (χ1v) is 11.4. The fourth-order valence-corrected chi connectivity index (χ4v) is 4.47. The fourth-order valence-electron chi connectivity index (χ4n) is 4.47. The molecule has 0 amide bonds. The molecule has 1 aliphatic heterocycles. The molecule has 0 spiro atoms. The molecule has 0 radical (unpaired) electrons. The molecule has 3 N–H and O–H groups in total. The van der Waals surface area contributed by atoms with Gasteiger partial charge in [-0.25, -0.2) is 9.59 Å². The minimum Gasteiger partial charge on any atom is -0.418 e. The summed E-state index contributed by atoms with van der Waals surface area (Å²) < 4.78 is 43.8. The lowest BCUT2D eigenvalue weighted by molar-refractivity contribution is -0.291. The minimum atomic E-state index is -5.33. The highest BCUT2D eigenvalue weighted by Gasteiger charge is 2.51. The molecule has 10 nitrogen and oxygen atoms in total. The number of halogens is 3. The van der Waals surface area contributed by atoms with E-state index in [1.165, 1.54) is 23.2 Å². The van der Waals surface area contributed by atoms with E-state index in [0.717, 1.165) is 6.08 Å². The maximum absolute atomic E-state index is 13.6. The van der Waals surface area contributed by atoms with Crippen molar-refractivity contribution in [3.05, 3.63) is 59.0 Å². The van der Waals surface area contributed by atoms with Crippen LogP contribution in [-0.2, 0) is 24.1 Å². The topological polar surface area (TPSA) is 137 Å². The molecule has 3 atom stereocenters. The van der Waals surface area contributed by atoms with Gasteiger partial charge in [0.25, 0.3) is 0 Å². The summed E-state index contributed by atoms with van der Waals surface area (Å²) in [5.41, 5.74) is 7.20. The highest BCUT2D eigenvalue weighted by Crippen LogP contribution is 2.40. The van der Waals surface area contributed by atoms with E-state index in [2.05, 4.69) is 10.2 Å². The number of carbonyl (C=O) groups is 4. The van der Waals surface area contributed by atoms with E-state index in [1.54, 1.807) is 26.0 Å². The maximum Gasteiger partial charge on any atom is 0.491 e. The lowest BCUT2D eigenvalue weighted by Gasteiger charge is -2.44. The molecule has 0 bridgehead atoms. The zero-order valence-electron chi connectivity index (χ0n) is 19.8. The van der Waals surface area contributed by atoms with Gasteiger partial charge in [0, 0.05) is 17.7 Å². The van der Waals surface area contributed by atoms with Crippen LogP contribution in [0.4, 0.5) is 13.2 Å². The third kappa shape index (κ3) is 4.65. The Hall–Kier alpha value is -3.55. The second-order valence-corrected chi connectivity index (χ2v) is 9.09. The van der Waals surface area contributed by atoms with Gasteiger partial charge in [0.1, 0.15) is 0 Å². The number of fused-ring (bicyclic) bond motifs is 2. The molecule has 1 heterocycles. The SMILES string of the molecule is CC(C)[C@]1(N)C(=O)OOCCCN1NC1=C(OC(=O)C(F)(F)F)C=CC2C(=O)c3ccccc3C(=O)C12. The fraction of sp³-hybridized carbons (Fsp3) is 0.417. The summed E-state index contributed by atoms with van der Waals surface area (Å²) in [7, 11) is 0. The Bertz CT molecular complexity index is 1210. The molecule has 1 saturated heterocycles. The number of hydrazine groups is 1. The number of allylic oxidation sites excluding steroid dienone is 3. The first-order chi connectivity index (χ1) is 17.4. The predicted molar refractivity (Wildman–Crippen MR) is 119 cm³/mol. The van der Waals surface area contributed by atoms with Crippen LogP contribution in [0.15, 0.2) is 47.9 Å². The van der Waals surface area contributed by atoms with Gasteiger partial charge in [-0.2, -0.15) is 23.1 Å². The first-order valence-electron chi connectivity index (χ1n) is 11.4. The molecule has 0 aromatic heterocycles. The molecular formula is C24H24F3N3O7. The summed E-state index contributed by atoms with van der Waals surface area (Å²) in [5.74, 6) is -8.30. The number of carbonyl (C=O) groups excluding carboxylic acids is 4. The number of alkyl halides is 3. The Morgan fingerprint density at radius 2 is 1.84 bits per heavy atom. The van der Waals surface area contributed by atoms with Crippen molar-refractivity contribution in [3.63, 3.8) is 0 Å². The van der Waals surface area contributed by atoms with Crippen LogP contribution in [0.3, 0.4) is 0 Å². The molecule has 0 saturated carbocycles. The van der Waals surface area contributed by atoms with Crippen LogP contribution in [0.2, 0.25) is 0 Å². The average Bonchev–Trinajstić information content (AvgIpc) is 2.84.